The van der Waals surface area contributed by atoms with Crippen molar-refractivity contribution in [2.75, 3.05) is 0 Å². The summed E-state index contributed by atoms with van der Waals surface area (Å²) in [5, 5.41) is 112. The van der Waals surface area contributed by atoms with Crippen LogP contribution in [0, 0.1) is 0 Å². The van der Waals surface area contributed by atoms with E-state index in [4.69, 9.17) is 4.42 Å². The average Bonchev–Trinajstić information content (AvgIpc) is 3.53. The minimum Gasteiger partial charge on any atom is -0.504 e. The molecule has 0 bridgehead atoms. The van der Waals surface area contributed by atoms with Crippen LogP contribution in [0.1, 0.15) is 0 Å². The Bertz CT molecular complexity index is 2830. The van der Waals surface area contributed by atoms with Crippen LogP contribution < -0.4 is 0 Å². The quantitative estimate of drug-likeness (QED) is 0.0484. The Labute approximate surface area is 285 Å². The molecule has 0 atom stereocenters. The summed E-state index contributed by atoms with van der Waals surface area (Å²) in [6.45, 7) is 0. The first-order chi connectivity index (χ1) is 24.5. The van der Waals surface area contributed by atoms with Crippen LogP contribution in [0.3, 0.4) is 0 Å². The summed E-state index contributed by atoms with van der Waals surface area (Å²) < 4.78 is 6.16. The molecule has 10 N–H and O–H groups in total. The number of furan rings is 1. The lowest BCUT2D eigenvalue weighted by atomic mass is 9.83. The molecule has 1 aromatic heterocycles. The summed E-state index contributed by atoms with van der Waals surface area (Å²) in [6, 6.07) is 25.6. The molecule has 0 fully saturated rings. The Morgan fingerprint density at radius 3 is 1.37 bits per heavy atom. The standard InChI is InChI=1S/C40H24O11/c41-31-29(32(42)36(46)39(49)35(31)45)22-14-23(30-33(43)37(47)40(50)38(48)34(30)44)20-13-12-18-16(10-8-15-9-11-19(22)28(20)26(15)18)17-5-3-7-25-27(17)21-4-1-2-6-24(21)51-25/h1-14,41-50H. The Hall–Kier alpha value is -7.40. The van der Waals surface area contributed by atoms with Gasteiger partial charge in [0.1, 0.15) is 11.2 Å². The molecule has 1 heterocycles. The fourth-order valence-electron chi connectivity index (χ4n) is 7.43. The van der Waals surface area contributed by atoms with Crippen LogP contribution in [-0.2, 0) is 0 Å². The van der Waals surface area contributed by atoms with E-state index in [1.54, 1.807) is 18.2 Å². The SMILES string of the molecule is Oc1c(O)c(O)c(-c2cc(-c3c(O)c(O)c(O)c(O)c3O)c3ccc4c(-c5cccc6oc7ccccc7c56)ccc5ccc2c3c54)c(O)c1O. The maximum absolute atomic E-state index is 11.1. The van der Waals surface area contributed by atoms with Crippen molar-refractivity contribution in [2.24, 2.45) is 0 Å². The van der Waals surface area contributed by atoms with Gasteiger partial charge in [0.2, 0.25) is 34.5 Å². The molecule has 0 spiro atoms. The van der Waals surface area contributed by atoms with Gasteiger partial charge < -0.3 is 55.5 Å². The van der Waals surface area contributed by atoms with Crippen LogP contribution in [0.25, 0.3) is 87.6 Å². The Balaban J connectivity index is 1.49. The molecule has 11 nitrogen and oxygen atoms in total. The van der Waals surface area contributed by atoms with Crippen LogP contribution in [-0.4, -0.2) is 51.1 Å². The smallest absolute Gasteiger partial charge is 0.208 e. The third-order valence-corrected chi connectivity index (χ3v) is 9.75. The number of aromatic hydroxyl groups is 10. The van der Waals surface area contributed by atoms with Crippen molar-refractivity contribution < 1.29 is 55.5 Å². The van der Waals surface area contributed by atoms with Gasteiger partial charge in [0.05, 0.1) is 11.1 Å². The lowest BCUT2D eigenvalue weighted by Crippen LogP contribution is -1.94. The number of rotatable bonds is 3. The average molecular weight is 681 g/mol. The zero-order chi connectivity index (χ0) is 35.6. The molecule has 0 aliphatic rings. The zero-order valence-electron chi connectivity index (χ0n) is 26.0. The Kier molecular flexibility index (Phi) is 5.86. The molecule has 0 saturated heterocycles. The van der Waals surface area contributed by atoms with E-state index in [1.807, 2.05) is 60.7 Å². The molecule has 9 rings (SSSR count). The van der Waals surface area contributed by atoms with Crippen molar-refractivity contribution in [1.29, 1.82) is 0 Å². The van der Waals surface area contributed by atoms with Crippen molar-refractivity contribution in [3.63, 3.8) is 0 Å². The predicted octanol–water partition coefficient (Wildman–Crippen LogP) is 8.54. The largest absolute Gasteiger partial charge is 0.504 e. The number of hydrogen-bond acceptors (Lipinski definition) is 11. The fraction of sp³-hybridized carbons (Fsp3) is 0. The number of phenols is 10. The van der Waals surface area contributed by atoms with Gasteiger partial charge in [-0.05, 0) is 72.8 Å². The van der Waals surface area contributed by atoms with Crippen molar-refractivity contribution in [1.82, 2.24) is 0 Å². The van der Waals surface area contributed by atoms with E-state index >= 15 is 0 Å². The van der Waals surface area contributed by atoms with E-state index in [-0.39, 0.29) is 11.1 Å². The van der Waals surface area contributed by atoms with Gasteiger partial charge in [-0.1, -0.05) is 66.7 Å². The van der Waals surface area contributed by atoms with Crippen molar-refractivity contribution in [3.05, 3.63) is 84.9 Å². The highest BCUT2D eigenvalue weighted by molar-refractivity contribution is 6.31. The predicted molar refractivity (Wildman–Crippen MR) is 190 cm³/mol. The summed E-state index contributed by atoms with van der Waals surface area (Å²) >= 11 is 0. The lowest BCUT2D eigenvalue weighted by molar-refractivity contribution is 0.330. The number of benzene rings is 8. The van der Waals surface area contributed by atoms with Crippen LogP contribution in [0.4, 0.5) is 0 Å². The number of para-hydroxylation sites is 1. The van der Waals surface area contributed by atoms with E-state index in [0.717, 1.165) is 32.7 Å². The molecule has 0 radical (unpaired) electrons. The Morgan fingerprint density at radius 2 is 0.784 bits per heavy atom. The van der Waals surface area contributed by atoms with Gasteiger partial charge >= 0.3 is 0 Å². The maximum Gasteiger partial charge on any atom is 0.208 e. The molecule has 11 heteroatoms. The highest BCUT2D eigenvalue weighted by Gasteiger charge is 2.31. The van der Waals surface area contributed by atoms with E-state index < -0.39 is 68.6 Å². The van der Waals surface area contributed by atoms with Gasteiger partial charge in [-0.15, -0.1) is 0 Å². The number of fused-ring (bicyclic) bond motifs is 3. The highest BCUT2D eigenvalue weighted by Crippen LogP contribution is 2.60. The topological polar surface area (TPSA) is 215 Å². The van der Waals surface area contributed by atoms with E-state index in [0.29, 0.717) is 32.7 Å². The third kappa shape index (κ3) is 3.76. The lowest BCUT2D eigenvalue weighted by Gasteiger charge is -2.22. The summed E-state index contributed by atoms with van der Waals surface area (Å²) in [4.78, 5) is 0. The summed E-state index contributed by atoms with van der Waals surface area (Å²) in [7, 11) is 0. The van der Waals surface area contributed by atoms with E-state index in [2.05, 4.69) is 0 Å². The molecule has 0 aliphatic carbocycles. The molecule has 0 amide bonds. The van der Waals surface area contributed by atoms with Gasteiger partial charge in [0, 0.05) is 10.8 Å². The first-order valence-corrected chi connectivity index (χ1v) is 15.5. The Morgan fingerprint density at radius 1 is 0.314 bits per heavy atom. The van der Waals surface area contributed by atoms with Gasteiger partial charge in [-0.3, -0.25) is 0 Å². The monoisotopic (exact) mass is 680 g/mol. The molecule has 8 aromatic carbocycles. The third-order valence-electron chi connectivity index (χ3n) is 9.75. The van der Waals surface area contributed by atoms with Crippen LogP contribution >= 0.6 is 0 Å². The molecule has 51 heavy (non-hydrogen) atoms. The molecule has 0 aliphatic heterocycles. The summed E-state index contributed by atoms with van der Waals surface area (Å²) in [5.41, 5.74) is 1.96. The van der Waals surface area contributed by atoms with Crippen LogP contribution in [0.15, 0.2) is 89.3 Å². The van der Waals surface area contributed by atoms with Crippen molar-refractivity contribution >= 4 is 54.3 Å². The summed E-state index contributed by atoms with van der Waals surface area (Å²) in [6.07, 6.45) is 0. The van der Waals surface area contributed by atoms with Gasteiger partial charge in [0.25, 0.3) is 0 Å². The first kappa shape index (κ1) is 29.7. The maximum atomic E-state index is 11.1. The molecular weight excluding hydrogens is 656 g/mol. The summed E-state index contributed by atoms with van der Waals surface area (Å²) in [5.74, 6) is -10.8. The van der Waals surface area contributed by atoms with Gasteiger partial charge in [-0.2, -0.15) is 0 Å². The normalized spacial score (nSPS) is 11.9. The number of hydrogen-bond donors (Lipinski definition) is 10. The van der Waals surface area contributed by atoms with Crippen molar-refractivity contribution in [3.8, 4) is 90.9 Å². The zero-order valence-corrected chi connectivity index (χ0v) is 26.0. The van der Waals surface area contributed by atoms with E-state index in [9.17, 15) is 51.1 Å². The second-order valence-corrected chi connectivity index (χ2v) is 12.3. The van der Waals surface area contributed by atoms with Gasteiger partial charge in [-0.25, -0.2) is 0 Å². The molecule has 9 aromatic rings. The van der Waals surface area contributed by atoms with Crippen molar-refractivity contribution in [2.45, 2.75) is 0 Å². The second-order valence-electron chi connectivity index (χ2n) is 12.3. The number of phenolic OH excluding ortho intramolecular Hbond substituents is 10. The first-order valence-electron chi connectivity index (χ1n) is 15.5. The molecule has 0 unspecified atom stereocenters. The van der Waals surface area contributed by atoms with Crippen LogP contribution in [0.5, 0.6) is 57.5 Å². The minimum absolute atomic E-state index is 0.0494. The molecular formula is C40H24O11. The van der Waals surface area contributed by atoms with Crippen LogP contribution in [0.2, 0.25) is 0 Å². The highest BCUT2D eigenvalue weighted by atomic mass is 16.4. The molecule has 250 valence electrons. The fourth-order valence-corrected chi connectivity index (χ4v) is 7.43. The minimum atomic E-state index is -1.17. The van der Waals surface area contributed by atoms with E-state index in [1.165, 1.54) is 6.07 Å². The second kappa shape index (κ2) is 10.1. The molecule has 0 saturated carbocycles. The van der Waals surface area contributed by atoms with Gasteiger partial charge in [0.15, 0.2) is 23.0 Å².